The van der Waals surface area contributed by atoms with Gasteiger partial charge in [-0.3, -0.25) is 0 Å². The summed E-state index contributed by atoms with van der Waals surface area (Å²) < 4.78 is 5.19. The average Bonchev–Trinajstić information content (AvgIpc) is 3.04. The summed E-state index contributed by atoms with van der Waals surface area (Å²) in [5.74, 6) is 0.860. The molecule has 0 aliphatic carbocycles. The van der Waals surface area contributed by atoms with Crippen molar-refractivity contribution in [2.75, 3.05) is 12.4 Å². The van der Waals surface area contributed by atoms with Crippen LogP contribution >= 0.6 is 11.3 Å². The Kier molecular flexibility index (Phi) is 4.93. The SMILES string of the molecule is COc1ccc(-c2csc(N[C@H](C)Cc3ccccc3)n2)cc1. The largest absolute Gasteiger partial charge is 0.497 e. The molecule has 0 spiro atoms. The molecule has 1 aromatic heterocycles. The molecule has 0 saturated heterocycles. The minimum Gasteiger partial charge on any atom is -0.497 e. The van der Waals surface area contributed by atoms with Gasteiger partial charge in [0.25, 0.3) is 0 Å². The maximum atomic E-state index is 5.19. The second-order valence-electron chi connectivity index (χ2n) is 5.50. The normalized spacial score (nSPS) is 11.9. The highest BCUT2D eigenvalue weighted by molar-refractivity contribution is 7.14. The predicted molar refractivity (Wildman–Crippen MR) is 97.3 cm³/mol. The van der Waals surface area contributed by atoms with Gasteiger partial charge in [-0.2, -0.15) is 0 Å². The van der Waals surface area contributed by atoms with Crippen molar-refractivity contribution in [2.24, 2.45) is 0 Å². The quantitative estimate of drug-likeness (QED) is 0.703. The lowest BCUT2D eigenvalue weighted by atomic mass is 10.1. The molecule has 2 aromatic carbocycles. The maximum absolute atomic E-state index is 5.19. The first-order chi connectivity index (χ1) is 11.2. The Morgan fingerprint density at radius 2 is 1.83 bits per heavy atom. The number of aromatic nitrogens is 1. The first-order valence-corrected chi connectivity index (χ1v) is 8.53. The van der Waals surface area contributed by atoms with Gasteiger partial charge in [0.1, 0.15) is 5.75 Å². The van der Waals surface area contributed by atoms with Crippen molar-refractivity contribution in [3.8, 4) is 17.0 Å². The Morgan fingerprint density at radius 3 is 2.52 bits per heavy atom. The highest BCUT2D eigenvalue weighted by Crippen LogP contribution is 2.27. The third-order valence-corrected chi connectivity index (χ3v) is 4.42. The second kappa shape index (κ2) is 7.29. The van der Waals surface area contributed by atoms with Crippen molar-refractivity contribution in [3.63, 3.8) is 0 Å². The van der Waals surface area contributed by atoms with Crippen LogP contribution in [0.15, 0.2) is 60.0 Å². The van der Waals surface area contributed by atoms with E-state index in [9.17, 15) is 0 Å². The summed E-state index contributed by atoms with van der Waals surface area (Å²) in [5, 5.41) is 6.53. The van der Waals surface area contributed by atoms with Crippen molar-refractivity contribution in [1.29, 1.82) is 0 Å². The fourth-order valence-electron chi connectivity index (χ4n) is 2.46. The van der Waals surface area contributed by atoms with Crippen LogP contribution in [0.25, 0.3) is 11.3 Å². The van der Waals surface area contributed by atoms with E-state index in [-0.39, 0.29) is 0 Å². The molecule has 0 aliphatic heterocycles. The lowest BCUT2D eigenvalue weighted by Crippen LogP contribution is -2.17. The van der Waals surface area contributed by atoms with Crippen LogP contribution in [0.1, 0.15) is 12.5 Å². The summed E-state index contributed by atoms with van der Waals surface area (Å²) in [6.45, 7) is 2.18. The third-order valence-electron chi connectivity index (χ3n) is 3.64. The number of thiazole rings is 1. The van der Waals surface area contributed by atoms with E-state index < -0.39 is 0 Å². The summed E-state index contributed by atoms with van der Waals surface area (Å²) in [6, 6.07) is 18.8. The van der Waals surface area contributed by atoms with E-state index in [1.807, 2.05) is 30.3 Å². The monoisotopic (exact) mass is 324 g/mol. The molecule has 3 aromatic rings. The standard InChI is InChI=1S/C19H20N2OS/c1-14(12-15-6-4-3-5-7-15)20-19-21-18(13-23-19)16-8-10-17(22-2)11-9-16/h3-11,13-14H,12H2,1-2H3,(H,20,21)/t14-/m1/s1. The molecule has 0 fully saturated rings. The Morgan fingerprint density at radius 1 is 1.09 bits per heavy atom. The topological polar surface area (TPSA) is 34.1 Å². The third kappa shape index (κ3) is 4.11. The number of hydrogen-bond acceptors (Lipinski definition) is 4. The lowest BCUT2D eigenvalue weighted by Gasteiger charge is -2.12. The number of hydrogen-bond donors (Lipinski definition) is 1. The van der Waals surface area contributed by atoms with Gasteiger partial charge in [0.15, 0.2) is 5.13 Å². The molecule has 1 atom stereocenters. The number of methoxy groups -OCH3 is 1. The first-order valence-electron chi connectivity index (χ1n) is 7.65. The Hall–Kier alpha value is -2.33. The van der Waals surface area contributed by atoms with Crippen molar-refractivity contribution < 1.29 is 4.74 Å². The van der Waals surface area contributed by atoms with E-state index in [0.29, 0.717) is 6.04 Å². The van der Waals surface area contributed by atoms with Gasteiger partial charge in [-0.25, -0.2) is 4.98 Å². The molecule has 0 aliphatic rings. The van der Waals surface area contributed by atoms with Crippen LogP contribution < -0.4 is 10.1 Å². The number of ether oxygens (including phenoxy) is 1. The van der Waals surface area contributed by atoms with Gasteiger partial charge >= 0.3 is 0 Å². The Bertz CT molecular complexity index is 738. The van der Waals surface area contributed by atoms with Crippen LogP contribution in [0.4, 0.5) is 5.13 Å². The highest BCUT2D eigenvalue weighted by atomic mass is 32.1. The van der Waals surface area contributed by atoms with Crippen molar-refractivity contribution in [2.45, 2.75) is 19.4 Å². The van der Waals surface area contributed by atoms with Crippen LogP contribution in [0, 0.1) is 0 Å². The molecular formula is C19H20N2OS. The molecule has 0 unspecified atom stereocenters. The van der Waals surface area contributed by atoms with E-state index in [1.165, 1.54) is 5.56 Å². The summed E-state index contributed by atoms with van der Waals surface area (Å²) in [4.78, 5) is 4.68. The van der Waals surface area contributed by atoms with Gasteiger partial charge in [0, 0.05) is 17.0 Å². The van der Waals surface area contributed by atoms with E-state index in [4.69, 9.17) is 4.74 Å². The van der Waals surface area contributed by atoms with E-state index in [2.05, 4.69) is 46.9 Å². The number of nitrogens with one attached hydrogen (secondary N) is 1. The number of rotatable bonds is 6. The van der Waals surface area contributed by atoms with Crippen molar-refractivity contribution >= 4 is 16.5 Å². The zero-order valence-corrected chi connectivity index (χ0v) is 14.1. The fraction of sp³-hybridized carbons (Fsp3) is 0.211. The van der Waals surface area contributed by atoms with Crippen LogP contribution in [0.5, 0.6) is 5.75 Å². The molecule has 4 heteroatoms. The molecule has 0 radical (unpaired) electrons. The van der Waals surface area contributed by atoms with Gasteiger partial charge in [-0.05, 0) is 43.2 Å². The van der Waals surface area contributed by atoms with Crippen molar-refractivity contribution in [3.05, 3.63) is 65.5 Å². The molecule has 23 heavy (non-hydrogen) atoms. The van der Waals surface area contributed by atoms with Gasteiger partial charge in [0.05, 0.1) is 12.8 Å². The van der Waals surface area contributed by atoms with E-state index >= 15 is 0 Å². The number of anilines is 1. The zero-order valence-electron chi connectivity index (χ0n) is 13.3. The smallest absolute Gasteiger partial charge is 0.183 e. The summed E-state index contributed by atoms with van der Waals surface area (Å²) >= 11 is 1.64. The molecule has 3 nitrogen and oxygen atoms in total. The minimum atomic E-state index is 0.340. The molecule has 1 heterocycles. The molecule has 1 N–H and O–H groups in total. The molecule has 0 saturated carbocycles. The maximum Gasteiger partial charge on any atom is 0.183 e. The number of benzene rings is 2. The van der Waals surface area contributed by atoms with Crippen LogP contribution in [-0.2, 0) is 6.42 Å². The van der Waals surface area contributed by atoms with Gasteiger partial charge in [-0.1, -0.05) is 30.3 Å². The highest BCUT2D eigenvalue weighted by Gasteiger charge is 2.08. The summed E-state index contributed by atoms with van der Waals surface area (Å²) in [6.07, 6.45) is 0.984. The molecule has 118 valence electrons. The first kappa shape index (κ1) is 15.6. The lowest BCUT2D eigenvalue weighted by molar-refractivity contribution is 0.415. The Labute approximate surface area is 141 Å². The molecule has 3 rings (SSSR count). The van der Waals surface area contributed by atoms with Crippen LogP contribution in [0.2, 0.25) is 0 Å². The van der Waals surface area contributed by atoms with Gasteiger partial charge in [0.2, 0.25) is 0 Å². The summed E-state index contributed by atoms with van der Waals surface area (Å²) in [5.41, 5.74) is 3.43. The van der Waals surface area contributed by atoms with Gasteiger partial charge < -0.3 is 10.1 Å². The van der Waals surface area contributed by atoms with Crippen LogP contribution in [0.3, 0.4) is 0 Å². The summed E-state index contributed by atoms with van der Waals surface area (Å²) in [7, 11) is 1.67. The van der Waals surface area contributed by atoms with E-state index in [0.717, 1.165) is 28.6 Å². The predicted octanol–water partition coefficient (Wildman–Crippen LogP) is 4.86. The van der Waals surface area contributed by atoms with E-state index in [1.54, 1.807) is 18.4 Å². The Balaban J connectivity index is 1.64. The molecule has 0 bridgehead atoms. The van der Waals surface area contributed by atoms with Crippen molar-refractivity contribution in [1.82, 2.24) is 4.98 Å². The zero-order chi connectivity index (χ0) is 16.1. The number of nitrogens with zero attached hydrogens (tertiary/aromatic N) is 1. The second-order valence-corrected chi connectivity index (χ2v) is 6.36. The fourth-order valence-corrected chi connectivity index (χ4v) is 3.30. The van der Waals surface area contributed by atoms with Gasteiger partial charge in [-0.15, -0.1) is 11.3 Å². The van der Waals surface area contributed by atoms with Crippen LogP contribution in [-0.4, -0.2) is 18.1 Å². The molecular weight excluding hydrogens is 304 g/mol. The average molecular weight is 324 g/mol. The molecule has 0 amide bonds. The minimum absolute atomic E-state index is 0.340.